The van der Waals surface area contributed by atoms with Crippen LogP contribution in [0, 0.1) is 11.3 Å². The summed E-state index contributed by atoms with van der Waals surface area (Å²) in [5.41, 5.74) is -4.51. The molecule has 2 amide bonds. The third kappa shape index (κ3) is 3.05. The van der Waals surface area contributed by atoms with E-state index in [0.29, 0.717) is 6.08 Å². The van der Waals surface area contributed by atoms with E-state index in [1.807, 2.05) is 0 Å². The highest BCUT2D eigenvalue weighted by Gasteiger charge is 2.71. The Labute approximate surface area is 150 Å². The quantitative estimate of drug-likeness (QED) is 0.772. The summed E-state index contributed by atoms with van der Waals surface area (Å²) in [7, 11) is 0. The number of alkyl halides is 3. The predicted molar refractivity (Wildman–Crippen MR) is 88.7 cm³/mol. The lowest BCUT2D eigenvalue weighted by atomic mass is 9.72. The molecular formula is C18H23F3N2O3. The molecule has 0 spiro atoms. The number of nitrogens with one attached hydrogen (secondary N) is 1. The fraction of sp³-hybridized carbons (Fsp3) is 0.611. The van der Waals surface area contributed by atoms with Crippen LogP contribution in [0.1, 0.15) is 40.5 Å². The number of hydrogen-bond acceptors (Lipinski definition) is 3. The Morgan fingerprint density at radius 2 is 1.88 bits per heavy atom. The van der Waals surface area contributed by atoms with Gasteiger partial charge in [-0.05, 0) is 23.8 Å². The monoisotopic (exact) mass is 372 g/mol. The molecule has 0 saturated heterocycles. The van der Waals surface area contributed by atoms with E-state index in [-0.39, 0.29) is 31.0 Å². The molecule has 0 saturated carbocycles. The summed E-state index contributed by atoms with van der Waals surface area (Å²) in [5, 5.41) is 1.74. The van der Waals surface area contributed by atoms with Gasteiger partial charge in [0, 0.05) is 18.7 Å². The summed E-state index contributed by atoms with van der Waals surface area (Å²) in [6, 6.07) is 0. The number of hydrogen-bond donors (Lipinski definition) is 1. The number of allylic oxidation sites excluding steroid dienone is 1. The normalized spacial score (nSPS) is 25.6. The van der Waals surface area contributed by atoms with Gasteiger partial charge in [0.05, 0.1) is 5.57 Å². The number of rotatable bonds is 4. The van der Waals surface area contributed by atoms with E-state index in [1.54, 1.807) is 33.0 Å². The second-order valence-corrected chi connectivity index (χ2v) is 8.01. The fourth-order valence-corrected chi connectivity index (χ4v) is 3.62. The molecule has 5 nitrogen and oxygen atoms in total. The second kappa shape index (κ2) is 6.25. The fourth-order valence-electron chi connectivity index (χ4n) is 3.62. The highest BCUT2D eigenvalue weighted by Crippen LogP contribution is 2.51. The number of ketones is 1. The molecule has 1 unspecified atom stereocenters. The van der Waals surface area contributed by atoms with Crippen LogP contribution in [-0.2, 0) is 14.4 Å². The zero-order chi connectivity index (χ0) is 20.1. The molecule has 1 N–H and O–H groups in total. The minimum absolute atomic E-state index is 0.0306. The minimum Gasteiger partial charge on any atom is -0.327 e. The molecule has 1 aliphatic carbocycles. The van der Waals surface area contributed by atoms with Crippen LogP contribution in [0.15, 0.2) is 23.9 Å². The van der Waals surface area contributed by atoms with Gasteiger partial charge in [0.2, 0.25) is 11.4 Å². The molecule has 144 valence electrons. The number of carbonyl (C=O) groups is 3. The van der Waals surface area contributed by atoms with Crippen LogP contribution < -0.4 is 5.32 Å². The molecule has 0 aromatic rings. The van der Waals surface area contributed by atoms with Gasteiger partial charge in [0.25, 0.3) is 5.91 Å². The zero-order valence-corrected chi connectivity index (χ0v) is 15.3. The highest BCUT2D eigenvalue weighted by atomic mass is 19.4. The zero-order valence-electron chi connectivity index (χ0n) is 15.3. The van der Waals surface area contributed by atoms with Gasteiger partial charge in [0.15, 0.2) is 5.78 Å². The van der Waals surface area contributed by atoms with Gasteiger partial charge < -0.3 is 10.2 Å². The lowest BCUT2D eigenvalue weighted by Gasteiger charge is -2.35. The summed E-state index contributed by atoms with van der Waals surface area (Å²) >= 11 is 0. The number of amides is 2. The Kier molecular flexibility index (Phi) is 4.85. The van der Waals surface area contributed by atoms with E-state index in [4.69, 9.17) is 0 Å². The van der Waals surface area contributed by atoms with Crippen molar-refractivity contribution in [1.29, 1.82) is 0 Å². The number of carbonyl (C=O) groups excluding carboxylic acids is 3. The van der Waals surface area contributed by atoms with E-state index >= 15 is 0 Å². The summed E-state index contributed by atoms with van der Waals surface area (Å²) in [5.74, 6) is -3.37. The SMILES string of the molecule is C=CC(=O)NC1(C(F)(F)F)C(=O)N(CC(C)C)C2=C1C(=O)CC(C)(C)C2. The van der Waals surface area contributed by atoms with Crippen molar-refractivity contribution in [2.24, 2.45) is 11.3 Å². The molecule has 0 bridgehead atoms. The predicted octanol–water partition coefficient (Wildman–Crippen LogP) is 2.73. The van der Waals surface area contributed by atoms with Crippen LogP contribution in [-0.4, -0.2) is 40.8 Å². The first-order valence-corrected chi connectivity index (χ1v) is 8.37. The third-order valence-electron chi connectivity index (χ3n) is 4.59. The standard InChI is InChI=1S/C18H23F3N2O3/c1-6-13(25)22-17(18(19,20)21)14-11(7-16(4,5)8-12(14)24)23(15(17)26)9-10(2)3/h6,10H,1,7-9H2,2-5H3,(H,22,25). The van der Waals surface area contributed by atoms with Crippen molar-refractivity contribution in [2.45, 2.75) is 52.3 Å². The summed E-state index contributed by atoms with van der Waals surface area (Å²) in [6.45, 7) is 10.2. The Hall–Kier alpha value is -2.12. The Morgan fingerprint density at radius 3 is 2.35 bits per heavy atom. The Bertz CT molecular complexity index is 707. The van der Waals surface area contributed by atoms with Gasteiger partial charge in [-0.15, -0.1) is 0 Å². The summed E-state index contributed by atoms with van der Waals surface area (Å²) < 4.78 is 42.4. The van der Waals surface area contributed by atoms with Gasteiger partial charge in [-0.1, -0.05) is 34.3 Å². The molecule has 1 aliphatic heterocycles. The molecular weight excluding hydrogens is 349 g/mol. The average molecular weight is 372 g/mol. The van der Waals surface area contributed by atoms with Crippen molar-refractivity contribution in [3.63, 3.8) is 0 Å². The summed E-state index contributed by atoms with van der Waals surface area (Å²) in [4.78, 5) is 38.4. The molecule has 1 atom stereocenters. The van der Waals surface area contributed by atoms with Gasteiger partial charge in [-0.3, -0.25) is 14.4 Å². The lowest BCUT2D eigenvalue weighted by Crippen LogP contribution is -2.66. The minimum atomic E-state index is -5.16. The van der Waals surface area contributed by atoms with Crippen LogP contribution in [0.3, 0.4) is 0 Å². The first kappa shape index (κ1) is 20.2. The Balaban J connectivity index is 2.76. The van der Waals surface area contributed by atoms with Crippen molar-refractivity contribution in [1.82, 2.24) is 10.2 Å². The Morgan fingerprint density at radius 1 is 1.31 bits per heavy atom. The number of nitrogens with zero attached hydrogens (tertiary/aromatic N) is 1. The van der Waals surface area contributed by atoms with Crippen molar-refractivity contribution in [3.8, 4) is 0 Å². The third-order valence-corrected chi connectivity index (χ3v) is 4.59. The number of Topliss-reactive ketones (excluding diaryl/α,β-unsaturated/α-hetero) is 1. The molecule has 0 aromatic heterocycles. The maximum atomic E-state index is 14.1. The molecule has 8 heteroatoms. The van der Waals surface area contributed by atoms with E-state index in [2.05, 4.69) is 6.58 Å². The van der Waals surface area contributed by atoms with Crippen LogP contribution >= 0.6 is 0 Å². The summed E-state index contributed by atoms with van der Waals surface area (Å²) in [6.07, 6.45) is -4.49. The topological polar surface area (TPSA) is 66.5 Å². The first-order chi connectivity index (χ1) is 11.8. The van der Waals surface area contributed by atoms with Crippen LogP contribution in [0.5, 0.6) is 0 Å². The second-order valence-electron chi connectivity index (χ2n) is 8.01. The van der Waals surface area contributed by atoms with E-state index in [0.717, 1.165) is 4.90 Å². The van der Waals surface area contributed by atoms with Gasteiger partial charge in [-0.2, -0.15) is 13.2 Å². The van der Waals surface area contributed by atoms with Crippen molar-refractivity contribution in [3.05, 3.63) is 23.9 Å². The maximum absolute atomic E-state index is 14.1. The average Bonchev–Trinajstić information content (AvgIpc) is 2.68. The molecule has 0 fully saturated rings. The van der Waals surface area contributed by atoms with Gasteiger partial charge in [0.1, 0.15) is 0 Å². The van der Waals surface area contributed by atoms with Gasteiger partial charge in [-0.25, -0.2) is 0 Å². The van der Waals surface area contributed by atoms with Crippen LogP contribution in [0.4, 0.5) is 13.2 Å². The van der Waals surface area contributed by atoms with E-state index in [1.165, 1.54) is 0 Å². The molecule has 1 heterocycles. The van der Waals surface area contributed by atoms with Gasteiger partial charge >= 0.3 is 6.18 Å². The van der Waals surface area contributed by atoms with Crippen LogP contribution in [0.2, 0.25) is 0 Å². The highest BCUT2D eigenvalue weighted by molar-refractivity contribution is 6.14. The maximum Gasteiger partial charge on any atom is 0.425 e. The molecule has 0 radical (unpaired) electrons. The van der Waals surface area contributed by atoms with Crippen molar-refractivity contribution < 1.29 is 27.6 Å². The largest absolute Gasteiger partial charge is 0.425 e. The molecule has 26 heavy (non-hydrogen) atoms. The smallest absolute Gasteiger partial charge is 0.327 e. The van der Waals surface area contributed by atoms with Crippen LogP contribution in [0.25, 0.3) is 0 Å². The number of halogens is 3. The molecule has 0 aromatic carbocycles. The van der Waals surface area contributed by atoms with Crippen molar-refractivity contribution in [2.75, 3.05) is 6.54 Å². The molecule has 2 aliphatic rings. The first-order valence-electron chi connectivity index (χ1n) is 8.37. The van der Waals surface area contributed by atoms with E-state index in [9.17, 15) is 27.6 Å². The lowest BCUT2D eigenvalue weighted by molar-refractivity contribution is -0.194. The van der Waals surface area contributed by atoms with Crippen molar-refractivity contribution >= 4 is 17.6 Å². The van der Waals surface area contributed by atoms with E-state index < -0.39 is 40.3 Å². The molecule has 2 rings (SSSR count).